The molecule has 1 aliphatic rings. The lowest BCUT2D eigenvalue weighted by Crippen LogP contribution is -2.42. The molecule has 13 heteroatoms. The lowest BCUT2D eigenvalue weighted by Gasteiger charge is -2.30. The van der Waals surface area contributed by atoms with Crippen LogP contribution in [0, 0.1) is 17.5 Å². The van der Waals surface area contributed by atoms with Crippen LogP contribution in [-0.4, -0.2) is 44.5 Å². The van der Waals surface area contributed by atoms with E-state index in [1.54, 1.807) is 20.8 Å². The summed E-state index contributed by atoms with van der Waals surface area (Å²) in [5.41, 5.74) is 4.02. The van der Waals surface area contributed by atoms with Crippen LogP contribution >= 0.6 is 0 Å². The van der Waals surface area contributed by atoms with Gasteiger partial charge in [-0.2, -0.15) is 13.2 Å². The van der Waals surface area contributed by atoms with Gasteiger partial charge in [0.1, 0.15) is 11.4 Å². The van der Waals surface area contributed by atoms with E-state index in [0.29, 0.717) is 12.1 Å². The van der Waals surface area contributed by atoms with Gasteiger partial charge in [-0.1, -0.05) is 0 Å². The highest BCUT2D eigenvalue weighted by Gasteiger charge is 2.42. The zero-order chi connectivity index (χ0) is 26.3. The van der Waals surface area contributed by atoms with Gasteiger partial charge in [0.15, 0.2) is 17.3 Å². The van der Waals surface area contributed by atoms with E-state index in [1.807, 2.05) is 0 Å². The molecule has 0 fully saturated rings. The summed E-state index contributed by atoms with van der Waals surface area (Å²) >= 11 is 0. The average molecular weight is 506 g/mol. The number of hydrogen-bond donors (Lipinski definition) is 1. The Labute approximate surface area is 196 Å². The molecule has 0 bridgehead atoms. The Morgan fingerprint density at radius 2 is 1.71 bits per heavy atom. The third-order valence-corrected chi connectivity index (χ3v) is 5.21. The molecule has 0 radical (unpaired) electrons. The van der Waals surface area contributed by atoms with E-state index in [9.17, 15) is 35.9 Å². The van der Waals surface area contributed by atoms with Crippen molar-refractivity contribution >= 4 is 11.9 Å². The van der Waals surface area contributed by atoms with Crippen LogP contribution in [0.2, 0.25) is 0 Å². The molecule has 1 aliphatic heterocycles. The number of fused-ring (bicyclic) bond motifs is 1. The Hall–Kier alpha value is -3.09. The second-order valence-corrected chi connectivity index (χ2v) is 9.22. The smallest absolute Gasteiger partial charge is 0.449 e. The lowest BCUT2D eigenvalue weighted by atomic mass is 10.0. The molecule has 7 nitrogen and oxygen atoms in total. The van der Waals surface area contributed by atoms with Gasteiger partial charge in [-0.15, -0.1) is 0 Å². The summed E-state index contributed by atoms with van der Waals surface area (Å²) in [6, 6.07) is 0.0477. The normalized spacial score (nSPS) is 15.1. The van der Waals surface area contributed by atoms with E-state index in [2.05, 4.69) is 4.98 Å². The van der Waals surface area contributed by atoms with Crippen LogP contribution < -0.4 is 5.73 Å². The fourth-order valence-corrected chi connectivity index (χ4v) is 3.72. The first-order valence-corrected chi connectivity index (χ1v) is 10.6. The van der Waals surface area contributed by atoms with E-state index < -0.39 is 58.7 Å². The lowest BCUT2D eigenvalue weighted by molar-refractivity contribution is -0.148. The number of aromatic nitrogens is 2. The van der Waals surface area contributed by atoms with Gasteiger partial charge >= 0.3 is 12.1 Å². The summed E-state index contributed by atoms with van der Waals surface area (Å²) in [4.78, 5) is 30.0. The van der Waals surface area contributed by atoms with Gasteiger partial charge in [0.25, 0.3) is 0 Å². The predicted molar refractivity (Wildman–Crippen MR) is 110 cm³/mol. The number of hydrogen-bond acceptors (Lipinski definition) is 5. The van der Waals surface area contributed by atoms with Crippen LogP contribution in [0.1, 0.15) is 54.8 Å². The molecule has 35 heavy (non-hydrogen) atoms. The quantitative estimate of drug-likeness (QED) is 0.381. The number of imidazole rings is 1. The molecule has 0 saturated carbocycles. The number of halogens is 6. The number of esters is 1. The van der Waals surface area contributed by atoms with E-state index in [0.717, 1.165) is 4.57 Å². The summed E-state index contributed by atoms with van der Waals surface area (Å²) in [5, 5.41) is 0. The number of amides is 1. The Bertz CT molecular complexity index is 1140. The zero-order valence-corrected chi connectivity index (χ0v) is 19.2. The van der Waals surface area contributed by atoms with E-state index in [-0.39, 0.29) is 43.7 Å². The maximum Gasteiger partial charge on any atom is 0.449 e. The zero-order valence-electron chi connectivity index (χ0n) is 19.2. The molecule has 2 N–H and O–H groups in total. The van der Waals surface area contributed by atoms with Crippen molar-refractivity contribution in [3.63, 3.8) is 0 Å². The Morgan fingerprint density at radius 3 is 2.31 bits per heavy atom. The van der Waals surface area contributed by atoms with E-state index in [1.165, 1.54) is 4.90 Å². The molecule has 2 heterocycles. The molecule has 0 spiro atoms. The number of nitrogens with zero attached hydrogens (tertiary/aromatic N) is 3. The Kier molecular flexibility index (Phi) is 7.21. The highest BCUT2D eigenvalue weighted by molar-refractivity contribution is 5.89. The largest absolute Gasteiger partial charge is 0.455 e. The summed E-state index contributed by atoms with van der Waals surface area (Å²) in [7, 11) is 0. The highest BCUT2D eigenvalue weighted by atomic mass is 19.4. The standard InChI is InChI=1S/C22H24F6N4O3/c1-21(2,3)35-19(34)18-16-10-31(4-5-32(16)20(30-18)22(26,27)28)17(33)8-12(29)6-11-7-14(24)15(25)9-13(11)23/h7,9,12H,4-6,8,10,29H2,1-3H3. The molecule has 0 aliphatic carbocycles. The first-order chi connectivity index (χ1) is 16.1. The van der Waals surface area contributed by atoms with Crippen LogP contribution in [0.5, 0.6) is 0 Å². The number of carbonyl (C=O) groups excluding carboxylic acids is 2. The van der Waals surface area contributed by atoms with Gasteiger partial charge in [-0.05, 0) is 38.8 Å². The minimum Gasteiger partial charge on any atom is -0.455 e. The average Bonchev–Trinajstić information content (AvgIpc) is 3.10. The minimum absolute atomic E-state index is 0.120. The summed E-state index contributed by atoms with van der Waals surface area (Å²) in [5.74, 6) is -6.55. The van der Waals surface area contributed by atoms with Crippen molar-refractivity contribution in [3.8, 4) is 0 Å². The van der Waals surface area contributed by atoms with Crippen molar-refractivity contribution in [3.05, 3.63) is 52.4 Å². The van der Waals surface area contributed by atoms with Crippen LogP contribution in [0.15, 0.2) is 12.1 Å². The fraction of sp³-hybridized carbons (Fsp3) is 0.500. The molecule has 0 saturated heterocycles. The fourth-order valence-electron chi connectivity index (χ4n) is 3.72. The third kappa shape index (κ3) is 6.13. The molecule has 1 atom stereocenters. The van der Waals surface area contributed by atoms with Crippen molar-refractivity contribution < 1.29 is 40.7 Å². The van der Waals surface area contributed by atoms with Crippen LogP contribution in [0.4, 0.5) is 26.3 Å². The molecular weight excluding hydrogens is 482 g/mol. The van der Waals surface area contributed by atoms with Crippen molar-refractivity contribution in [2.45, 2.75) is 64.5 Å². The maximum absolute atomic E-state index is 13.9. The second kappa shape index (κ2) is 9.51. The molecule has 1 unspecified atom stereocenters. The Balaban J connectivity index is 1.78. The first-order valence-electron chi connectivity index (χ1n) is 10.6. The monoisotopic (exact) mass is 506 g/mol. The van der Waals surface area contributed by atoms with Gasteiger partial charge < -0.3 is 19.9 Å². The topological polar surface area (TPSA) is 90.5 Å². The van der Waals surface area contributed by atoms with Crippen LogP contribution in [-0.2, 0) is 35.2 Å². The molecule has 2 aromatic rings. The van der Waals surface area contributed by atoms with Gasteiger partial charge in [0.2, 0.25) is 11.7 Å². The third-order valence-electron chi connectivity index (χ3n) is 5.21. The number of alkyl halides is 3. The first kappa shape index (κ1) is 26.5. The van der Waals surface area contributed by atoms with Crippen LogP contribution in [0.3, 0.4) is 0 Å². The summed E-state index contributed by atoms with van der Waals surface area (Å²) in [6.45, 7) is 3.88. The highest BCUT2D eigenvalue weighted by Crippen LogP contribution is 2.33. The van der Waals surface area contributed by atoms with Crippen molar-refractivity contribution in [1.82, 2.24) is 14.5 Å². The van der Waals surface area contributed by atoms with E-state index in [4.69, 9.17) is 10.5 Å². The van der Waals surface area contributed by atoms with Crippen molar-refractivity contribution in [2.75, 3.05) is 6.54 Å². The number of benzene rings is 1. The van der Waals surface area contributed by atoms with E-state index >= 15 is 0 Å². The molecule has 1 amide bonds. The number of rotatable bonds is 5. The Morgan fingerprint density at radius 1 is 1.09 bits per heavy atom. The maximum atomic E-state index is 13.9. The molecule has 3 rings (SSSR count). The van der Waals surface area contributed by atoms with Gasteiger partial charge in [0, 0.05) is 31.6 Å². The SMILES string of the molecule is CC(C)(C)OC(=O)c1nc(C(F)(F)F)n2c1CN(C(=O)CC(N)Cc1cc(F)c(F)cc1F)CC2. The molecular formula is C22H24F6N4O3. The van der Waals surface area contributed by atoms with Crippen molar-refractivity contribution in [2.24, 2.45) is 5.73 Å². The van der Waals surface area contributed by atoms with Gasteiger partial charge in [-0.3, -0.25) is 4.79 Å². The van der Waals surface area contributed by atoms with Crippen molar-refractivity contribution in [1.29, 1.82) is 0 Å². The summed E-state index contributed by atoms with van der Waals surface area (Å²) in [6.07, 6.45) is -5.46. The number of carbonyl (C=O) groups is 2. The minimum atomic E-state index is -4.84. The molecule has 1 aromatic carbocycles. The number of nitrogens with two attached hydrogens (primary N) is 1. The second-order valence-electron chi connectivity index (χ2n) is 9.22. The molecule has 192 valence electrons. The summed E-state index contributed by atoms with van der Waals surface area (Å²) < 4.78 is 86.9. The van der Waals surface area contributed by atoms with Crippen LogP contribution in [0.25, 0.3) is 0 Å². The molecule has 1 aromatic heterocycles. The predicted octanol–water partition coefficient (Wildman–Crippen LogP) is 3.58. The number of ether oxygens (including phenoxy) is 1. The van der Waals surface area contributed by atoms with Gasteiger partial charge in [0.05, 0.1) is 12.2 Å². The van der Waals surface area contributed by atoms with Gasteiger partial charge in [-0.25, -0.2) is 22.9 Å².